The average molecular weight is 267 g/mol. The van der Waals surface area contributed by atoms with E-state index in [2.05, 4.69) is 5.32 Å². The van der Waals surface area contributed by atoms with Gasteiger partial charge in [-0.05, 0) is 32.1 Å². The first-order valence-corrected chi connectivity index (χ1v) is 7.84. The molecule has 1 saturated carbocycles. The van der Waals surface area contributed by atoms with Gasteiger partial charge in [0.25, 0.3) is 0 Å². The van der Waals surface area contributed by atoms with Crippen molar-refractivity contribution in [1.29, 1.82) is 0 Å². The molecular formula is C15H25NO3. The summed E-state index contributed by atoms with van der Waals surface area (Å²) >= 11 is 0. The van der Waals surface area contributed by atoms with E-state index < -0.39 is 0 Å². The second kappa shape index (κ2) is 5.80. The molecule has 0 aromatic carbocycles. The first-order chi connectivity index (χ1) is 9.28. The first kappa shape index (κ1) is 13.4. The third-order valence-electron chi connectivity index (χ3n) is 5.16. The van der Waals surface area contributed by atoms with E-state index in [1.54, 1.807) is 0 Å². The number of carbonyl (C=O) groups is 1. The molecule has 2 heterocycles. The fourth-order valence-electron chi connectivity index (χ4n) is 4.00. The van der Waals surface area contributed by atoms with Gasteiger partial charge >= 0.3 is 0 Å². The summed E-state index contributed by atoms with van der Waals surface area (Å²) in [4.78, 5) is 12.4. The molecule has 1 aliphatic carbocycles. The number of rotatable bonds is 3. The minimum Gasteiger partial charge on any atom is -0.396 e. The number of amides is 1. The quantitative estimate of drug-likeness (QED) is 0.764. The lowest BCUT2D eigenvalue weighted by atomic mass is 9.87. The van der Waals surface area contributed by atoms with Gasteiger partial charge in [0, 0.05) is 18.6 Å². The number of carbonyl (C=O) groups excluding carboxylic acids is 1. The maximum Gasteiger partial charge on any atom is 0.226 e. The van der Waals surface area contributed by atoms with E-state index in [1.165, 1.54) is 12.8 Å². The molecule has 19 heavy (non-hydrogen) atoms. The van der Waals surface area contributed by atoms with Crippen molar-refractivity contribution in [3.63, 3.8) is 0 Å². The number of aliphatic hydroxyl groups is 1. The first-order valence-electron chi connectivity index (χ1n) is 7.84. The van der Waals surface area contributed by atoms with Crippen molar-refractivity contribution in [2.24, 2.45) is 11.8 Å². The highest BCUT2D eigenvalue weighted by molar-refractivity contribution is 5.80. The Morgan fingerprint density at radius 2 is 2.00 bits per heavy atom. The normalized spacial score (nSPS) is 42.1. The Labute approximate surface area is 114 Å². The molecule has 108 valence electrons. The van der Waals surface area contributed by atoms with Crippen LogP contribution in [0.2, 0.25) is 0 Å². The second-order valence-electron chi connectivity index (χ2n) is 6.41. The molecule has 5 unspecified atom stereocenters. The number of ether oxygens (including phenoxy) is 1. The third kappa shape index (κ3) is 2.79. The summed E-state index contributed by atoms with van der Waals surface area (Å²) in [5, 5.41) is 12.7. The molecule has 5 atom stereocenters. The second-order valence-corrected chi connectivity index (χ2v) is 6.41. The van der Waals surface area contributed by atoms with Crippen molar-refractivity contribution >= 4 is 5.91 Å². The van der Waals surface area contributed by atoms with Crippen LogP contribution in [0.4, 0.5) is 0 Å². The lowest BCUT2D eigenvalue weighted by molar-refractivity contribution is -0.127. The molecule has 3 fully saturated rings. The van der Waals surface area contributed by atoms with Crippen molar-refractivity contribution in [3.8, 4) is 0 Å². The van der Waals surface area contributed by atoms with Gasteiger partial charge in [0.1, 0.15) is 0 Å². The number of fused-ring (bicyclic) bond motifs is 2. The van der Waals surface area contributed by atoms with Gasteiger partial charge in [0.2, 0.25) is 5.91 Å². The van der Waals surface area contributed by atoms with E-state index in [1.807, 2.05) is 0 Å². The molecule has 3 aliphatic rings. The predicted molar refractivity (Wildman–Crippen MR) is 71.6 cm³/mol. The van der Waals surface area contributed by atoms with E-state index >= 15 is 0 Å². The van der Waals surface area contributed by atoms with Crippen LogP contribution in [0.3, 0.4) is 0 Å². The van der Waals surface area contributed by atoms with Gasteiger partial charge in [0.15, 0.2) is 0 Å². The zero-order valence-electron chi connectivity index (χ0n) is 11.5. The smallest absolute Gasteiger partial charge is 0.226 e. The van der Waals surface area contributed by atoms with Crippen LogP contribution < -0.4 is 5.32 Å². The highest BCUT2D eigenvalue weighted by Crippen LogP contribution is 2.39. The minimum atomic E-state index is 0.0568. The molecule has 2 bridgehead atoms. The van der Waals surface area contributed by atoms with Crippen molar-refractivity contribution in [2.75, 3.05) is 6.61 Å². The molecular weight excluding hydrogens is 242 g/mol. The molecule has 2 aliphatic heterocycles. The minimum absolute atomic E-state index is 0.0568. The summed E-state index contributed by atoms with van der Waals surface area (Å²) < 4.78 is 5.76. The number of hydrogen-bond donors (Lipinski definition) is 2. The summed E-state index contributed by atoms with van der Waals surface area (Å²) in [5.74, 6) is 0.463. The van der Waals surface area contributed by atoms with Crippen LogP contribution in [-0.2, 0) is 9.53 Å². The molecule has 0 aromatic rings. The molecule has 0 spiro atoms. The Bertz CT molecular complexity index is 333. The molecule has 3 rings (SSSR count). The molecule has 4 nitrogen and oxygen atoms in total. The zero-order chi connectivity index (χ0) is 13.2. The molecule has 2 N–H and O–H groups in total. The van der Waals surface area contributed by atoms with Gasteiger partial charge in [-0.3, -0.25) is 4.79 Å². The molecule has 0 aromatic heterocycles. The third-order valence-corrected chi connectivity index (χ3v) is 5.16. The Hall–Kier alpha value is -0.610. The van der Waals surface area contributed by atoms with E-state index in [4.69, 9.17) is 4.74 Å². The topological polar surface area (TPSA) is 58.6 Å². The maximum atomic E-state index is 12.4. The Morgan fingerprint density at radius 3 is 2.68 bits per heavy atom. The van der Waals surface area contributed by atoms with Gasteiger partial charge in [-0.2, -0.15) is 0 Å². The number of hydrogen-bond acceptors (Lipinski definition) is 3. The van der Waals surface area contributed by atoms with Crippen molar-refractivity contribution < 1.29 is 14.6 Å². The number of nitrogens with one attached hydrogen (secondary N) is 1. The molecule has 2 saturated heterocycles. The largest absolute Gasteiger partial charge is 0.396 e. The Morgan fingerprint density at radius 1 is 1.16 bits per heavy atom. The van der Waals surface area contributed by atoms with Gasteiger partial charge in [-0.25, -0.2) is 0 Å². The van der Waals surface area contributed by atoms with Gasteiger partial charge in [-0.15, -0.1) is 0 Å². The van der Waals surface area contributed by atoms with Crippen LogP contribution in [-0.4, -0.2) is 35.9 Å². The summed E-state index contributed by atoms with van der Waals surface area (Å²) in [5.41, 5.74) is 0. The maximum absolute atomic E-state index is 12.4. The van der Waals surface area contributed by atoms with Crippen LogP contribution >= 0.6 is 0 Å². The fourth-order valence-corrected chi connectivity index (χ4v) is 4.00. The van der Waals surface area contributed by atoms with Crippen LogP contribution in [0.1, 0.15) is 51.4 Å². The fraction of sp³-hybridized carbons (Fsp3) is 0.933. The van der Waals surface area contributed by atoms with Crippen LogP contribution in [0.25, 0.3) is 0 Å². The monoisotopic (exact) mass is 267 g/mol. The van der Waals surface area contributed by atoms with E-state index in [0.29, 0.717) is 6.10 Å². The standard InChI is InChI=1S/C15H25NO3/c17-9-10-4-2-1-3-5-13(10)16-15(18)12-8-11-6-7-14(12)19-11/h10-14,17H,1-9H2,(H,16,18). The zero-order valence-corrected chi connectivity index (χ0v) is 11.5. The van der Waals surface area contributed by atoms with Gasteiger partial charge in [-0.1, -0.05) is 19.3 Å². The van der Waals surface area contributed by atoms with Crippen molar-refractivity contribution in [2.45, 2.75) is 69.6 Å². The highest BCUT2D eigenvalue weighted by Gasteiger charge is 2.45. The van der Waals surface area contributed by atoms with Gasteiger partial charge in [0.05, 0.1) is 18.1 Å². The predicted octanol–water partition coefficient (Wildman–Crippen LogP) is 1.61. The molecule has 4 heteroatoms. The van der Waals surface area contributed by atoms with E-state index in [9.17, 15) is 9.90 Å². The van der Waals surface area contributed by atoms with E-state index in [-0.39, 0.29) is 36.5 Å². The van der Waals surface area contributed by atoms with Gasteiger partial charge < -0.3 is 15.2 Å². The summed E-state index contributed by atoms with van der Waals surface area (Å²) in [6.45, 7) is 0.193. The van der Waals surface area contributed by atoms with Crippen LogP contribution in [0.15, 0.2) is 0 Å². The van der Waals surface area contributed by atoms with Crippen molar-refractivity contribution in [1.82, 2.24) is 5.32 Å². The molecule has 1 amide bonds. The van der Waals surface area contributed by atoms with Crippen LogP contribution in [0.5, 0.6) is 0 Å². The Balaban J connectivity index is 1.58. The van der Waals surface area contributed by atoms with Crippen LogP contribution in [0, 0.1) is 11.8 Å². The average Bonchev–Trinajstić information content (AvgIpc) is 2.98. The Kier molecular flexibility index (Phi) is 4.08. The van der Waals surface area contributed by atoms with E-state index in [0.717, 1.165) is 38.5 Å². The summed E-state index contributed by atoms with van der Waals surface area (Å²) in [7, 11) is 0. The summed E-state index contributed by atoms with van der Waals surface area (Å²) in [6.07, 6.45) is 9.14. The SMILES string of the molecule is O=C(NC1CCCCCC1CO)C1CC2CCC1O2. The lowest BCUT2D eigenvalue weighted by Crippen LogP contribution is -2.45. The lowest BCUT2D eigenvalue weighted by Gasteiger charge is -2.27. The number of aliphatic hydroxyl groups excluding tert-OH is 1. The summed E-state index contributed by atoms with van der Waals surface area (Å²) in [6, 6.07) is 0.166. The van der Waals surface area contributed by atoms with Crippen molar-refractivity contribution in [3.05, 3.63) is 0 Å². The highest BCUT2D eigenvalue weighted by atomic mass is 16.5. The molecule has 0 radical (unpaired) electrons.